The van der Waals surface area contributed by atoms with Crippen LogP contribution in [0.15, 0.2) is 0 Å². The number of esters is 1. The molecular formula is C17H26N3O4S+. The minimum Gasteiger partial charge on any atom is -0.462 e. The number of ether oxygens (including phenoxy) is 1. The lowest BCUT2D eigenvalue weighted by Gasteiger charge is -2.31. The molecule has 138 valence electrons. The fourth-order valence-corrected chi connectivity index (χ4v) is 3.94. The lowest BCUT2D eigenvalue weighted by atomic mass is 10.1. The number of aryl methyl sites for hydroxylation is 1. The van der Waals surface area contributed by atoms with Gasteiger partial charge in [-0.1, -0.05) is 0 Å². The van der Waals surface area contributed by atoms with Gasteiger partial charge in [-0.25, -0.2) is 4.79 Å². The number of anilines is 1. The van der Waals surface area contributed by atoms with Crippen LogP contribution in [-0.4, -0.2) is 62.0 Å². The Morgan fingerprint density at radius 3 is 2.44 bits per heavy atom. The molecule has 0 aromatic carbocycles. The van der Waals surface area contributed by atoms with E-state index in [4.69, 9.17) is 4.74 Å². The predicted octanol–water partition coefficient (Wildman–Crippen LogP) is 0.227. The lowest BCUT2D eigenvalue weighted by molar-refractivity contribution is -0.895. The van der Waals surface area contributed by atoms with Crippen LogP contribution in [0.5, 0.6) is 0 Å². The Bertz CT molecular complexity index is 663. The minimum absolute atomic E-state index is 0.0760. The molecule has 1 saturated heterocycles. The first kappa shape index (κ1) is 19.4. The summed E-state index contributed by atoms with van der Waals surface area (Å²) in [5.41, 5.74) is 1.30. The molecule has 1 fully saturated rings. The Hall–Kier alpha value is -1.93. The number of thiophene rings is 1. The maximum atomic E-state index is 12.4. The van der Waals surface area contributed by atoms with E-state index in [1.807, 2.05) is 13.8 Å². The molecule has 0 radical (unpaired) electrons. The molecule has 2 N–H and O–H groups in total. The molecule has 7 nitrogen and oxygen atoms in total. The zero-order valence-corrected chi connectivity index (χ0v) is 16.0. The molecule has 1 aromatic heterocycles. The average Bonchev–Trinajstić information content (AvgIpc) is 2.82. The van der Waals surface area contributed by atoms with Gasteiger partial charge < -0.3 is 19.9 Å². The van der Waals surface area contributed by atoms with E-state index in [-0.39, 0.29) is 11.8 Å². The van der Waals surface area contributed by atoms with E-state index in [0.29, 0.717) is 36.8 Å². The first-order valence-electron chi connectivity index (χ1n) is 8.49. The molecule has 2 rings (SSSR count). The third-order valence-corrected chi connectivity index (χ3v) is 5.57. The van der Waals surface area contributed by atoms with Gasteiger partial charge in [-0.15, -0.1) is 11.3 Å². The number of hydrogen-bond acceptors (Lipinski definition) is 5. The van der Waals surface area contributed by atoms with E-state index in [1.165, 1.54) is 11.3 Å². The molecule has 0 saturated carbocycles. The van der Waals surface area contributed by atoms with Crippen LogP contribution in [0.25, 0.3) is 0 Å². The maximum absolute atomic E-state index is 12.4. The van der Waals surface area contributed by atoms with Gasteiger partial charge in [0.05, 0.1) is 38.3 Å². The first-order valence-corrected chi connectivity index (χ1v) is 9.31. The fourth-order valence-electron chi connectivity index (χ4n) is 2.88. The second kappa shape index (κ2) is 8.44. The molecule has 25 heavy (non-hydrogen) atoms. The van der Waals surface area contributed by atoms with Gasteiger partial charge in [0.1, 0.15) is 5.00 Å². The van der Waals surface area contributed by atoms with Crippen molar-refractivity contribution in [1.29, 1.82) is 0 Å². The number of rotatable bonds is 5. The van der Waals surface area contributed by atoms with Crippen molar-refractivity contribution in [2.24, 2.45) is 0 Å². The number of amides is 2. The van der Waals surface area contributed by atoms with Crippen LogP contribution in [0.2, 0.25) is 0 Å². The number of quaternary nitrogens is 1. The highest BCUT2D eigenvalue weighted by atomic mass is 32.1. The molecule has 0 spiro atoms. The molecule has 0 unspecified atom stereocenters. The van der Waals surface area contributed by atoms with Crippen molar-refractivity contribution >= 4 is 34.1 Å². The molecule has 0 bridgehead atoms. The highest BCUT2D eigenvalue weighted by Crippen LogP contribution is 2.32. The van der Waals surface area contributed by atoms with E-state index in [9.17, 15) is 14.4 Å². The van der Waals surface area contributed by atoms with Crippen molar-refractivity contribution in [1.82, 2.24) is 4.90 Å². The molecule has 1 aliphatic rings. The van der Waals surface area contributed by atoms with Crippen molar-refractivity contribution < 1.29 is 24.0 Å². The van der Waals surface area contributed by atoms with Gasteiger partial charge in [0.15, 0.2) is 6.54 Å². The number of nitrogens with one attached hydrogen (secondary N) is 2. The Morgan fingerprint density at radius 2 is 1.88 bits per heavy atom. The minimum atomic E-state index is -0.401. The monoisotopic (exact) mass is 368 g/mol. The number of carbonyl (C=O) groups excluding carboxylic acids is 3. The number of carbonyl (C=O) groups is 3. The van der Waals surface area contributed by atoms with E-state index in [0.717, 1.165) is 28.4 Å². The van der Waals surface area contributed by atoms with Crippen molar-refractivity contribution in [3.63, 3.8) is 0 Å². The van der Waals surface area contributed by atoms with Crippen LogP contribution in [0.3, 0.4) is 0 Å². The molecule has 2 amide bonds. The second-order valence-corrected chi connectivity index (χ2v) is 7.41. The summed E-state index contributed by atoms with van der Waals surface area (Å²) in [6.45, 7) is 10.6. The molecular weight excluding hydrogens is 342 g/mol. The summed E-state index contributed by atoms with van der Waals surface area (Å²) in [7, 11) is 0. The largest absolute Gasteiger partial charge is 0.462 e. The van der Waals surface area contributed by atoms with Crippen molar-refractivity contribution in [3.05, 3.63) is 16.0 Å². The highest BCUT2D eigenvalue weighted by Gasteiger charge is 2.26. The Kier molecular flexibility index (Phi) is 6.55. The van der Waals surface area contributed by atoms with Gasteiger partial charge in [-0.3, -0.25) is 9.59 Å². The number of nitrogens with zero attached hydrogens (tertiary/aromatic N) is 1. The van der Waals surface area contributed by atoms with Gasteiger partial charge in [-0.2, -0.15) is 0 Å². The van der Waals surface area contributed by atoms with Gasteiger partial charge in [0.2, 0.25) is 5.91 Å². The second-order valence-electron chi connectivity index (χ2n) is 6.19. The Balaban J connectivity index is 1.98. The fraction of sp³-hybridized carbons (Fsp3) is 0.588. The van der Waals surface area contributed by atoms with Crippen LogP contribution in [0.4, 0.5) is 5.00 Å². The van der Waals surface area contributed by atoms with E-state index in [1.54, 1.807) is 18.7 Å². The molecule has 1 aromatic rings. The zero-order chi connectivity index (χ0) is 18.6. The van der Waals surface area contributed by atoms with Gasteiger partial charge in [0, 0.05) is 11.8 Å². The number of hydrogen-bond donors (Lipinski definition) is 2. The maximum Gasteiger partial charge on any atom is 0.341 e. The van der Waals surface area contributed by atoms with E-state index in [2.05, 4.69) is 5.32 Å². The summed E-state index contributed by atoms with van der Waals surface area (Å²) in [6, 6.07) is 0. The average molecular weight is 368 g/mol. The molecule has 2 heterocycles. The third-order valence-electron chi connectivity index (χ3n) is 4.44. The summed E-state index contributed by atoms with van der Waals surface area (Å²) in [5, 5.41) is 3.43. The summed E-state index contributed by atoms with van der Waals surface area (Å²) in [6.07, 6.45) is 0. The standard InChI is InChI=1S/C17H25N3O4S/c1-5-24-17(23)15-11(2)12(3)25-16(15)18-14(22)10-19-6-8-20(9-7-19)13(4)21/h5-10H2,1-4H3,(H,18,22)/p+1. The van der Waals surface area contributed by atoms with Crippen molar-refractivity contribution in [2.45, 2.75) is 27.7 Å². The smallest absolute Gasteiger partial charge is 0.341 e. The summed E-state index contributed by atoms with van der Waals surface area (Å²) < 4.78 is 5.10. The highest BCUT2D eigenvalue weighted by molar-refractivity contribution is 7.16. The molecule has 1 aliphatic heterocycles. The predicted molar refractivity (Wildman–Crippen MR) is 96.2 cm³/mol. The van der Waals surface area contributed by atoms with Crippen molar-refractivity contribution in [3.8, 4) is 0 Å². The first-order chi connectivity index (χ1) is 11.8. The Labute approximate surface area is 151 Å². The normalized spacial score (nSPS) is 15.1. The topological polar surface area (TPSA) is 80.2 Å². The van der Waals surface area contributed by atoms with Crippen molar-refractivity contribution in [2.75, 3.05) is 44.6 Å². The van der Waals surface area contributed by atoms with Crippen LogP contribution in [0, 0.1) is 13.8 Å². The summed E-state index contributed by atoms with van der Waals surface area (Å²) in [4.78, 5) is 39.8. The summed E-state index contributed by atoms with van der Waals surface area (Å²) >= 11 is 1.39. The lowest BCUT2D eigenvalue weighted by Crippen LogP contribution is -3.15. The third kappa shape index (κ3) is 4.79. The van der Waals surface area contributed by atoms with Gasteiger partial charge >= 0.3 is 5.97 Å². The quantitative estimate of drug-likeness (QED) is 0.729. The SMILES string of the molecule is CCOC(=O)c1c(NC(=O)C[NH+]2CCN(C(C)=O)CC2)sc(C)c1C. The van der Waals surface area contributed by atoms with Crippen LogP contribution in [-0.2, 0) is 14.3 Å². The molecule has 0 atom stereocenters. The zero-order valence-electron chi connectivity index (χ0n) is 15.2. The van der Waals surface area contributed by atoms with Crippen LogP contribution < -0.4 is 10.2 Å². The van der Waals surface area contributed by atoms with Gasteiger partial charge in [0.25, 0.3) is 5.91 Å². The summed E-state index contributed by atoms with van der Waals surface area (Å²) in [5.74, 6) is -0.452. The molecule has 0 aliphatic carbocycles. The van der Waals surface area contributed by atoms with Crippen LogP contribution in [0.1, 0.15) is 34.6 Å². The van der Waals surface area contributed by atoms with Crippen LogP contribution >= 0.6 is 11.3 Å². The number of piperazine rings is 1. The van der Waals surface area contributed by atoms with Gasteiger partial charge in [-0.05, 0) is 26.3 Å². The Morgan fingerprint density at radius 1 is 1.24 bits per heavy atom. The van der Waals surface area contributed by atoms with E-state index >= 15 is 0 Å². The van der Waals surface area contributed by atoms with E-state index < -0.39 is 5.97 Å². The molecule has 8 heteroatoms.